The van der Waals surface area contributed by atoms with Gasteiger partial charge in [0.05, 0.1) is 5.54 Å². The molecule has 2 aromatic heterocycles. The summed E-state index contributed by atoms with van der Waals surface area (Å²) >= 11 is 0. The van der Waals surface area contributed by atoms with Crippen molar-refractivity contribution in [3.8, 4) is 0 Å². The second kappa shape index (κ2) is 9.98. The summed E-state index contributed by atoms with van der Waals surface area (Å²) in [6, 6.07) is 12.5. The largest absolute Gasteiger partial charge is 0.369 e. The first-order valence-corrected chi connectivity index (χ1v) is 13.6. The van der Waals surface area contributed by atoms with Gasteiger partial charge in [0.25, 0.3) is 5.56 Å². The van der Waals surface area contributed by atoms with E-state index < -0.39 is 0 Å². The van der Waals surface area contributed by atoms with Crippen molar-refractivity contribution < 1.29 is 0 Å². The fraction of sp³-hybridized carbons (Fsp3) is 0.467. The third kappa shape index (κ3) is 4.73. The Morgan fingerprint density at radius 3 is 2.37 bits per heavy atom. The monoisotopic (exact) mass is 513 g/mol. The first-order valence-electron chi connectivity index (χ1n) is 13.6. The van der Waals surface area contributed by atoms with E-state index in [1.54, 1.807) is 0 Å². The third-order valence-electron chi connectivity index (χ3n) is 8.34. The van der Waals surface area contributed by atoms with Gasteiger partial charge in [-0.3, -0.25) is 9.69 Å². The molecule has 8 nitrogen and oxygen atoms in total. The average Bonchev–Trinajstić information content (AvgIpc) is 3.38. The number of rotatable bonds is 6. The summed E-state index contributed by atoms with van der Waals surface area (Å²) in [5.74, 6) is 0.714. The number of nitrogens with zero attached hydrogens (tertiary/aromatic N) is 6. The van der Waals surface area contributed by atoms with Gasteiger partial charge in [0, 0.05) is 42.9 Å². The summed E-state index contributed by atoms with van der Waals surface area (Å²) < 4.78 is 1.92. The molecule has 0 radical (unpaired) electrons. The topological polar surface area (TPSA) is 82.9 Å². The van der Waals surface area contributed by atoms with E-state index in [0.29, 0.717) is 11.4 Å². The number of hydrogen-bond donors (Lipinski definition) is 1. The quantitative estimate of drug-likeness (QED) is 0.399. The molecule has 0 bridgehead atoms. The molecule has 1 aliphatic rings. The van der Waals surface area contributed by atoms with Gasteiger partial charge in [0.2, 0.25) is 0 Å². The third-order valence-corrected chi connectivity index (χ3v) is 8.34. The van der Waals surface area contributed by atoms with Crippen LogP contribution in [0.2, 0.25) is 0 Å². The molecule has 1 atom stereocenters. The van der Waals surface area contributed by atoms with E-state index in [4.69, 9.17) is 0 Å². The Morgan fingerprint density at radius 2 is 1.66 bits per heavy atom. The number of pyridine rings is 1. The van der Waals surface area contributed by atoms with E-state index >= 15 is 0 Å². The van der Waals surface area contributed by atoms with Crippen molar-refractivity contribution in [1.82, 2.24) is 30.1 Å². The Balaban J connectivity index is 1.58. The highest BCUT2D eigenvalue weighted by molar-refractivity contribution is 5.81. The Kier molecular flexibility index (Phi) is 6.86. The summed E-state index contributed by atoms with van der Waals surface area (Å²) in [6.45, 7) is 18.2. The first-order chi connectivity index (χ1) is 18.1. The van der Waals surface area contributed by atoms with Crippen LogP contribution in [-0.2, 0) is 5.54 Å². The predicted octanol–water partition coefficient (Wildman–Crippen LogP) is 4.80. The molecule has 1 unspecified atom stereocenters. The van der Waals surface area contributed by atoms with E-state index in [-0.39, 0.29) is 17.1 Å². The van der Waals surface area contributed by atoms with Crippen LogP contribution in [0.5, 0.6) is 0 Å². The average molecular weight is 514 g/mol. The number of aryl methyl sites for hydroxylation is 4. The summed E-state index contributed by atoms with van der Waals surface area (Å²) in [4.78, 5) is 21.6. The normalized spacial score (nSPS) is 15.8. The van der Waals surface area contributed by atoms with E-state index in [1.165, 1.54) is 22.4 Å². The van der Waals surface area contributed by atoms with Crippen LogP contribution < -0.4 is 10.5 Å². The minimum absolute atomic E-state index is 0.0911. The van der Waals surface area contributed by atoms with Gasteiger partial charge >= 0.3 is 0 Å². The van der Waals surface area contributed by atoms with Gasteiger partial charge in [-0.1, -0.05) is 19.1 Å². The number of aromatic amines is 1. The molecule has 4 aromatic rings. The minimum Gasteiger partial charge on any atom is -0.369 e. The second-order valence-corrected chi connectivity index (χ2v) is 11.4. The molecule has 0 saturated carbocycles. The molecule has 3 heterocycles. The second-order valence-electron chi connectivity index (χ2n) is 11.4. The van der Waals surface area contributed by atoms with Crippen LogP contribution in [-0.4, -0.2) is 56.3 Å². The molecule has 5 rings (SSSR count). The molecule has 0 spiro atoms. The maximum atomic E-state index is 13.6. The van der Waals surface area contributed by atoms with Crippen LogP contribution in [0, 0.1) is 27.7 Å². The van der Waals surface area contributed by atoms with Gasteiger partial charge < -0.3 is 9.88 Å². The van der Waals surface area contributed by atoms with Gasteiger partial charge in [-0.25, -0.2) is 4.68 Å². The number of H-pyrrole nitrogens is 1. The molecule has 1 aliphatic heterocycles. The summed E-state index contributed by atoms with van der Waals surface area (Å²) in [5, 5.41) is 14.1. The number of fused-ring (bicyclic) bond motifs is 1. The predicted molar refractivity (Wildman–Crippen MR) is 153 cm³/mol. The SMILES string of the molecule is CCC(C)(C)n1nnnc1C(c1cc2cc(C)c(C)cc2[nH]c1=O)N1CCN(c2cc(C)ccc2C)CC1. The Morgan fingerprint density at radius 1 is 0.947 bits per heavy atom. The molecule has 1 N–H and O–H groups in total. The van der Waals surface area contributed by atoms with Crippen molar-refractivity contribution in [3.63, 3.8) is 0 Å². The van der Waals surface area contributed by atoms with Crippen molar-refractivity contribution in [3.05, 3.63) is 80.4 Å². The molecule has 1 fully saturated rings. The Bertz CT molecular complexity index is 1530. The summed E-state index contributed by atoms with van der Waals surface area (Å²) in [5.41, 5.74) is 7.36. The van der Waals surface area contributed by atoms with Crippen molar-refractivity contribution in [2.75, 3.05) is 31.1 Å². The lowest BCUT2D eigenvalue weighted by atomic mass is 9.98. The number of tetrazole rings is 1. The van der Waals surface area contributed by atoms with Crippen LogP contribution in [0.25, 0.3) is 10.9 Å². The summed E-state index contributed by atoms with van der Waals surface area (Å²) in [6.07, 6.45) is 0.866. The molecule has 1 saturated heterocycles. The fourth-order valence-electron chi connectivity index (χ4n) is 5.42. The van der Waals surface area contributed by atoms with Gasteiger partial charge in [0.15, 0.2) is 5.82 Å². The maximum Gasteiger partial charge on any atom is 0.253 e. The molecule has 38 heavy (non-hydrogen) atoms. The van der Waals surface area contributed by atoms with Crippen molar-refractivity contribution in [1.29, 1.82) is 0 Å². The minimum atomic E-state index is -0.355. The number of hydrogen-bond acceptors (Lipinski definition) is 6. The highest BCUT2D eigenvalue weighted by atomic mass is 16.1. The number of anilines is 1. The Labute approximate surface area is 224 Å². The smallest absolute Gasteiger partial charge is 0.253 e. The highest BCUT2D eigenvalue weighted by Gasteiger charge is 2.36. The summed E-state index contributed by atoms with van der Waals surface area (Å²) in [7, 11) is 0. The van der Waals surface area contributed by atoms with Crippen molar-refractivity contribution in [2.45, 2.75) is 66.5 Å². The lowest BCUT2D eigenvalue weighted by molar-refractivity contribution is 0.186. The van der Waals surface area contributed by atoms with Crippen LogP contribution in [0.3, 0.4) is 0 Å². The van der Waals surface area contributed by atoms with Crippen LogP contribution in [0.15, 0.2) is 41.2 Å². The lowest BCUT2D eigenvalue weighted by Crippen LogP contribution is -2.49. The molecular formula is C30H39N7O. The number of aromatic nitrogens is 5. The number of nitrogens with one attached hydrogen (secondary N) is 1. The molecular weight excluding hydrogens is 474 g/mol. The van der Waals surface area contributed by atoms with Crippen molar-refractivity contribution in [2.24, 2.45) is 0 Å². The molecule has 8 heteroatoms. The zero-order chi connectivity index (χ0) is 27.2. The van der Waals surface area contributed by atoms with Gasteiger partial charge in [-0.05, 0) is 110 Å². The zero-order valence-corrected chi connectivity index (χ0v) is 23.7. The maximum absolute atomic E-state index is 13.6. The molecule has 200 valence electrons. The van der Waals surface area contributed by atoms with Crippen LogP contribution in [0.1, 0.15) is 66.9 Å². The van der Waals surface area contributed by atoms with Gasteiger partial charge in [0.1, 0.15) is 6.04 Å². The first kappa shape index (κ1) is 26.1. The fourth-order valence-corrected chi connectivity index (χ4v) is 5.42. The Hall–Kier alpha value is -3.52. The van der Waals surface area contributed by atoms with E-state index in [9.17, 15) is 4.79 Å². The lowest BCUT2D eigenvalue weighted by Gasteiger charge is -2.40. The van der Waals surface area contributed by atoms with E-state index in [2.05, 4.69) is 109 Å². The number of benzene rings is 2. The van der Waals surface area contributed by atoms with Gasteiger partial charge in [-0.15, -0.1) is 5.10 Å². The molecule has 0 amide bonds. The number of piperazine rings is 1. The van der Waals surface area contributed by atoms with Gasteiger partial charge in [-0.2, -0.15) is 0 Å². The van der Waals surface area contributed by atoms with Crippen LogP contribution in [0.4, 0.5) is 5.69 Å². The van der Waals surface area contributed by atoms with E-state index in [0.717, 1.165) is 49.1 Å². The highest BCUT2D eigenvalue weighted by Crippen LogP contribution is 2.32. The standard InChI is InChI=1S/C30H39N7O/c1-8-30(6,7)37-28(32-33-34-37)27(24-18-23-16-21(4)22(5)17-25(23)31-29(24)38)36-13-11-35(12-14-36)26-15-19(2)9-10-20(26)3/h9-10,15-18,27H,8,11-14H2,1-7H3,(H,31,38). The molecule has 2 aromatic carbocycles. The van der Waals surface area contributed by atoms with Crippen LogP contribution >= 0.6 is 0 Å². The van der Waals surface area contributed by atoms with Crippen molar-refractivity contribution >= 4 is 16.6 Å². The zero-order valence-electron chi connectivity index (χ0n) is 23.7. The molecule has 0 aliphatic carbocycles. The van der Waals surface area contributed by atoms with E-state index in [1.807, 2.05) is 10.7 Å².